The van der Waals surface area contributed by atoms with E-state index in [0.29, 0.717) is 75.9 Å². The third-order valence-electron chi connectivity index (χ3n) is 7.47. The van der Waals surface area contributed by atoms with Crippen LogP contribution in [0.15, 0.2) is 67.1 Å². The highest BCUT2D eigenvalue weighted by molar-refractivity contribution is 5.98. The van der Waals surface area contributed by atoms with Crippen molar-refractivity contribution in [3.8, 4) is 0 Å². The zero-order chi connectivity index (χ0) is 28.8. The minimum Gasteiger partial charge on any atom is -0.380 e. The normalized spacial score (nSPS) is 15.7. The monoisotopic (exact) mass is 555 g/mol. The summed E-state index contributed by atoms with van der Waals surface area (Å²) >= 11 is 0. The lowest BCUT2D eigenvalue weighted by molar-refractivity contribution is -0.131. The van der Waals surface area contributed by atoms with Crippen LogP contribution in [-0.2, 0) is 11.2 Å². The van der Waals surface area contributed by atoms with Gasteiger partial charge in [0.25, 0.3) is 11.8 Å². The third kappa shape index (κ3) is 6.82. The molecule has 0 aliphatic carbocycles. The zero-order valence-electron chi connectivity index (χ0n) is 23.7. The van der Waals surface area contributed by atoms with Crippen LogP contribution in [-0.4, -0.2) is 101 Å². The molecule has 2 aliphatic heterocycles. The topological polar surface area (TPSA) is 102 Å². The molecule has 1 N–H and O–H groups in total. The van der Waals surface area contributed by atoms with E-state index in [4.69, 9.17) is 0 Å². The molecular weight excluding hydrogens is 518 g/mol. The van der Waals surface area contributed by atoms with E-state index < -0.39 is 0 Å². The summed E-state index contributed by atoms with van der Waals surface area (Å²) < 4.78 is 0. The number of pyridine rings is 2. The molecule has 2 fully saturated rings. The van der Waals surface area contributed by atoms with Crippen molar-refractivity contribution in [1.82, 2.24) is 24.7 Å². The standard InChI is InChI=1S/C31H37N7O3/c1-23(2)34-27-6-4-12-33-29(27)36-15-19-38(20-16-36)31(41)26-9-7-25(8-10-26)30(40)37-17-13-35(14-18-37)28(39)21-24-5-3-11-32-22-24/h3-12,22-23,34H,13-21H2,1-2H3. The minimum absolute atomic E-state index is 0.0362. The Balaban J connectivity index is 1.12. The highest BCUT2D eigenvalue weighted by Crippen LogP contribution is 2.25. The van der Waals surface area contributed by atoms with Crippen LogP contribution in [0.2, 0.25) is 0 Å². The first-order valence-electron chi connectivity index (χ1n) is 14.2. The van der Waals surface area contributed by atoms with Crippen LogP contribution >= 0.6 is 0 Å². The van der Waals surface area contributed by atoms with Crippen molar-refractivity contribution in [1.29, 1.82) is 0 Å². The number of amides is 3. The minimum atomic E-state index is -0.0851. The van der Waals surface area contributed by atoms with Gasteiger partial charge in [-0.1, -0.05) is 6.07 Å². The molecule has 0 saturated carbocycles. The van der Waals surface area contributed by atoms with Gasteiger partial charge in [-0.3, -0.25) is 19.4 Å². The summed E-state index contributed by atoms with van der Waals surface area (Å²) in [5, 5.41) is 3.45. The first kappa shape index (κ1) is 28.1. The number of benzene rings is 1. The summed E-state index contributed by atoms with van der Waals surface area (Å²) in [6, 6.07) is 14.9. The van der Waals surface area contributed by atoms with E-state index in [1.165, 1.54) is 0 Å². The molecule has 5 rings (SSSR count). The van der Waals surface area contributed by atoms with Gasteiger partial charge in [0.05, 0.1) is 12.1 Å². The molecule has 0 atom stereocenters. The molecule has 214 valence electrons. The SMILES string of the molecule is CC(C)Nc1cccnc1N1CCN(C(=O)c2ccc(C(=O)N3CCN(C(=O)Cc4cccnc4)CC3)cc2)CC1. The lowest BCUT2D eigenvalue weighted by atomic mass is 10.1. The van der Waals surface area contributed by atoms with Gasteiger partial charge in [-0.25, -0.2) is 4.98 Å². The zero-order valence-corrected chi connectivity index (χ0v) is 23.7. The summed E-state index contributed by atoms with van der Waals surface area (Å²) in [6.07, 6.45) is 5.50. The predicted octanol–water partition coefficient (Wildman–Crippen LogP) is 2.79. The molecule has 41 heavy (non-hydrogen) atoms. The van der Waals surface area contributed by atoms with E-state index in [9.17, 15) is 14.4 Å². The summed E-state index contributed by atoms with van der Waals surface area (Å²) in [5.41, 5.74) is 3.00. The number of hydrogen-bond acceptors (Lipinski definition) is 7. The van der Waals surface area contributed by atoms with E-state index in [0.717, 1.165) is 17.1 Å². The van der Waals surface area contributed by atoms with E-state index in [2.05, 4.69) is 34.0 Å². The number of nitrogens with one attached hydrogen (secondary N) is 1. The van der Waals surface area contributed by atoms with Crippen molar-refractivity contribution in [3.63, 3.8) is 0 Å². The van der Waals surface area contributed by atoms with E-state index in [1.807, 2.05) is 29.2 Å². The lowest BCUT2D eigenvalue weighted by Crippen LogP contribution is -2.51. The van der Waals surface area contributed by atoms with Crippen molar-refractivity contribution in [2.24, 2.45) is 0 Å². The molecule has 2 saturated heterocycles. The molecule has 3 aromatic rings. The fourth-order valence-corrected chi connectivity index (χ4v) is 5.26. The van der Waals surface area contributed by atoms with Crippen LogP contribution in [0.5, 0.6) is 0 Å². The molecule has 2 aromatic heterocycles. The fourth-order valence-electron chi connectivity index (χ4n) is 5.26. The number of carbonyl (C=O) groups excluding carboxylic acids is 3. The number of rotatable bonds is 7. The van der Waals surface area contributed by atoms with Gasteiger partial charge in [-0.2, -0.15) is 0 Å². The molecule has 0 unspecified atom stereocenters. The van der Waals surface area contributed by atoms with Gasteiger partial charge >= 0.3 is 0 Å². The highest BCUT2D eigenvalue weighted by atomic mass is 16.2. The van der Waals surface area contributed by atoms with E-state index in [1.54, 1.807) is 52.7 Å². The van der Waals surface area contributed by atoms with Crippen molar-refractivity contribution >= 4 is 29.2 Å². The Morgan fingerprint density at radius 3 is 1.88 bits per heavy atom. The Kier molecular flexibility index (Phi) is 8.76. The summed E-state index contributed by atoms with van der Waals surface area (Å²) in [6.45, 7) is 8.75. The lowest BCUT2D eigenvalue weighted by Gasteiger charge is -2.36. The van der Waals surface area contributed by atoms with Gasteiger partial charge in [0, 0.05) is 88.1 Å². The van der Waals surface area contributed by atoms with E-state index >= 15 is 0 Å². The molecule has 1 aromatic carbocycles. The fraction of sp³-hybridized carbons (Fsp3) is 0.387. The van der Waals surface area contributed by atoms with E-state index in [-0.39, 0.29) is 17.7 Å². The maximum atomic E-state index is 13.2. The Bertz CT molecular complexity index is 1350. The number of piperazine rings is 2. The van der Waals surface area contributed by atoms with Crippen molar-refractivity contribution in [3.05, 3.63) is 83.8 Å². The summed E-state index contributed by atoms with van der Waals surface area (Å²) in [5.74, 6) is 0.834. The molecule has 0 bridgehead atoms. The Morgan fingerprint density at radius 2 is 1.32 bits per heavy atom. The van der Waals surface area contributed by atoms with Gasteiger partial charge in [-0.15, -0.1) is 0 Å². The summed E-state index contributed by atoms with van der Waals surface area (Å²) in [7, 11) is 0. The predicted molar refractivity (Wildman–Crippen MR) is 158 cm³/mol. The Labute approximate surface area is 241 Å². The van der Waals surface area contributed by atoms with Crippen LogP contribution in [0, 0.1) is 0 Å². The average Bonchev–Trinajstić information content (AvgIpc) is 3.01. The second-order valence-corrected chi connectivity index (χ2v) is 10.7. The molecular formula is C31H37N7O3. The molecule has 2 aliphatic rings. The molecule has 10 heteroatoms. The average molecular weight is 556 g/mol. The number of anilines is 2. The first-order chi connectivity index (χ1) is 19.9. The Hall–Kier alpha value is -4.47. The quantitative estimate of drug-likeness (QED) is 0.478. The van der Waals surface area contributed by atoms with Crippen LogP contribution < -0.4 is 10.2 Å². The van der Waals surface area contributed by atoms with Crippen LogP contribution in [0.1, 0.15) is 40.1 Å². The van der Waals surface area contributed by atoms with Gasteiger partial charge in [0.2, 0.25) is 5.91 Å². The maximum Gasteiger partial charge on any atom is 0.253 e. The van der Waals surface area contributed by atoms with Crippen LogP contribution in [0.3, 0.4) is 0 Å². The molecule has 0 radical (unpaired) electrons. The van der Waals surface area contributed by atoms with Crippen LogP contribution in [0.4, 0.5) is 11.5 Å². The highest BCUT2D eigenvalue weighted by Gasteiger charge is 2.27. The number of hydrogen-bond donors (Lipinski definition) is 1. The molecule has 3 amide bonds. The number of carbonyl (C=O) groups is 3. The maximum absolute atomic E-state index is 13.2. The molecule has 0 spiro atoms. The number of nitrogens with zero attached hydrogens (tertiary/aromatic N) is 6. The van der Waals surface area contributed by atoms with Crippen molar-refractivity contribution < 1.29 is 14.4 Å². The second kappa shape index (κ2) is 12.8. The summed E-state index contributed by atoms with van der Waals surface area (Å²) in [4.78, 5) is 55.2. The smallest absolute Gasteiger partial charge is 0.253 e. The van der Waals surface area contributed by atoms with Gasteiger partial charge < -0.3 is 24.9 Å². The van der Waals surface area contributed by atoms with Crippen LogP contribution in [0.25, 0.3) is 0 Å². The third-order valence-corrected chi connectivity index (χ3v) is 7.47. The Morgan fingerprint density at radius 1 is 0.756 bits per heavy atom. The molecule has 10 nitrogen and oxygen atoms in total. The second-order valence-electron chi connectivity index (χ2n) is 10.7. The van der Waals surface area contributed by atoms with Gasteiger partial charge in [-0.05, 0) is 61.9 Å². The van der Waals surface area contributed by atoms with Gasteiger partial charge in [0.1, 0.15) is 0 Å². The van der Waals surface area contributed by atoms with Crippen molar-refractivity contribution in [2.45, 2.75) is 26.3 Å². The van der Waals surface area contributed by atoms with Crippen molar-refractivity contribution in [2.75, 3.05) is 62.6 Å². The van der Waals surface area contributed by atoms with Gasteiger partial charge in [0.15, 0.2) is 5.82 Å². The first-order valence-corrected chi connectivity index (χ1v) is 14.2. The number of aromatic nitrogens is 2. The molecule has 4 heterocycles. The largest absolute Gasteiger partial charge is 0.380 e.